The van der Waals surface area contributed by atoms with Gasteiger partial charge in [-0.05, 0) is 63.6 Å². The van der Waals surface area contributed by atoms with Crippen LogP contribution in [-0.4, -0.2) is 42.1 Å². The summed E-state index contributed by atoms with van der Waals surface area (Å²) in [5.74, 6) is 0.863. The average molecular weight is 386 g/mol. The zero-order valence-electron chi connectivity index (χ0n) is 13.9. The molecule has 1 heterocycles. The van der Waals surface area contributed by atoms with Gasteiger partial charge in [0.1, 0.15) is 5.76 Å². The lowest BCUT2D eigenvalue weighted by atomic mass is 10.2. The maximum atomic E-state index is 6.06. The molecule has 0 unspecified atom stereocenters. The van der Waals surface area contributed by atoms with E-state index in [0.29, 0.717) is 15.2 Å². The highest BCUT2D eigenvalue weighted by atomic mass is 35.5. The molecule has 0 aliphatic heterocycles. The minimum atomic E-state index is 0.00889. The Labute approximate surface area is 158 Å². The minimum absolute atomic E-state index is 0.00889. The topological polar surface area (TPSA) is 31.7 Å². The van der Waals surface area contributed by atoms with Gasteiger partial charge in [0.05, 0.1) is 12.3 Å². The molecule has 0 radical (unpaired) electrons. The van der Waals surface area contributed by atoms with Crippen molar-refractivity contribution in [2.24, 2.45) is 0 Å². The van der Waals surface area contributed by atoms with Crippen LogP contribution >= 0.6 is 35.4 Å². The molecule has 0 saturated heterocycles. The Kier molecular flexibility index (Phi) is 6.92. The van der Waals surface area contributed by atoms with Gasteiger partial charge in [-0.3, -0.25) is 0 Å². The molecule has 24 heavy (non-hydrogen) atoms. The van der Waals surface area contributed by atoms with E-state index in [1.807, 2.05) is 26.2 Å². The number of thiocarbonyl (C=S) groups is 1. The Bertz CT molecular complexity index is 656. The van der Waals surface area contributed by atoms with Gasteiger partial charge in [0.2, 0.25) is 0 Å². The summed E-state index contributed by atoms with van der Waals surface area (Å²) in [7, 11) is 4.06. The van der Waals surface area contributed by atoms with Crippen molar-refractivity contribution in [3.8, 4) is 0 Å². The SMILES string of the molecule is C[C@@H](c1ccco1)N(CCN(C)C)C(=S)Nc1cc(Cl)cc(Cl)c1. The van der Waals surface area contributed by atoms with Gasteiger partial charge in [-0.2, -0.15) is 0 Å². The van der Waals surface area contributed by atoms with E-state index in [0.717, 1.165) is 24.5 Å². The van der Waals surface area contributed by atoms with Gasteiger partial charge in [0.25, 0.3) is 0 Å². The average Bonchev–Trinajstić information content (AvgIpc) is 2.99. The van der Waals surface area contributed by atoms with Crippen LogP contribution < -0.4 is 5.32 Å². The summed E-state index contributed by atoms with van der Waals surface area (Å²) in [5.41, 5.74) is 0.763. The summed E-state index contributed by atoms with van der Waals surface area (Å²) >= 11 is 17.7. The summed E-state index contributed by atoms with van der Waals surface area (Å²) in [5, 5.41) is 4.94. The second-order valence-electron chi connectivity index (χ2n) is 5.78. The van der Waals surface area contributed by atoms with Crippen molar-refractivity contribution in [2.75, 3.05) is 32.5 Å². The van der Waals surface area contributed by atoms with E-state index in [1.54, 1.807) is 24.5 Å². The van der Waals surface area contributed by atoms with E-state index in [9.17, 15) is 0 Å². The van der Waals surface area contributed by atoms with Crippen LogP contribution in [-0.2, 0) is 0 Å². The molecular weight excluding hydrogens is 365 g/mol. The smallest absolute Gasteiger partial charge is 0.174 e. The van der Waals surface area contributed by atoms with E-state index < -0.39 is 0 Å². The van der Waals surface area contributed by atoms with Crippen molar-refractivity contribution in [3.63, 3.8) is 0 Å². The first kappa shape index (κ1) is 19.1. The normalized spacial score (nSPS) is 12.2. The second-order valence-corrected chi connectivity index (χ2v) is 7.04. The molecule has 0 saturated carbocycles. The monoisotopic (exact) mass is 385 g/mol. The fraction of sp³-hybridized carbons (Fsp3) is 0.353. The number of rotatable bonds is 6. The highest BCUT2D eigenvalue weighted by molar-refractivity contribution is 7.80. The highest BCUT2D eigenvalue weighted by Gasteiger charge is 2.21. The van der Waals surface area contributed by atoms with Crippen molar-refractivity contribution in [1.29, 1.82) is 0 Å². The van der Waals surface area contributed by atoms with Crippen LogP contribution in [0.25, 0.3) is 0 Å². The maximum Gasteiger partial charge on any atom is 0.174 e. The molecular formula is C17H21Cl2N3OS. The van der Waals surface area contributed by atoms with Crippen molar-refractivity contribution < 1.29 is 4.42 Å². The number of hydrogen-bond donors (Lipinski definition) is 1. The molecule has 130 valence electrons. The van der Waals surface area contributed by atoms with E-state index >= 15 is 0 Å². The fourth-order valence-electron chi connectivity index (χ4n) is 2.28. The molecule has 0 aliphatic carbocycles. The van der Waals surface area contributed by atoms with Gasteiger partial charge < -0.3 is 19.5 Å². The minimum Gasteiger partial charge on any atom is -0.467 e. The third kappa shape index (κ3) is 5.38. The Balaban J connectivity index is 2.16. The number of nitrogens with one attached hydrogen (secondary N) is 1. The van der Waals surface area contributed by atoms with E-state index in [1.165, 1.54) is 0 Å². The zero-order valence-corrected chi connectivity index (χ0v) is 16.3. The number of furan rings is 1. The van der Waals surface area contributed by atoms with Crippen LogP contribution in [0.2, 0.25) is 10.0 Å². The standard InChI is InChI=1S/C17H21Cl2N3OS/c1-12(16-5-4-8-23-16)22(7-6-21(2)3)17(24)20-15-10-13(18)9-14(19)11-15/h4-5,8-12H,6-7H2,1-3H3,(H,20,24)/t12-/m0/s1. The van der Waals surface area contributed by atoms with Gasteiger partial charge in [-0.25, -0.2) is 0 Å². The van der Waals surface area contributed by atoms with E-state index in [4.69, 9.17) is 39.8 Å². The lowest BCUT2D eigenvalue weighted by Gasteiger charge is -2.31. The molecule has 4 nitrogen and oxygen atoms in total. The number of hydrogen-bond acceptors (Lipinski definition) is 3. The summed E-state index contributed by atoms with van der Waals surface area (Å²) in [4.78, 5) is 4.20. The Hall–Kier alpha value is -1.27. The molecule has 2 rings (SSSR count). The molecule has 0 amide bonds. The predicted octanol–water partition coefficient (Wildman–Crippen LogP) is 4.91. The molecule has 7 heteroatoms. The first-order chi connectivity index (χ1) is 11.4. The molecule has 1 aromatic heterocycles. The first-order valence-corrected chi connectivity index (χ1v) is 8.75. The molecule has 0 aliphatic rings. The molecule has 0 fully saturated rings. The fourth-order valence-corrected chi connectivity index (χ4v) is 3.18. The number of nitrogens with zero attached hydrogens (tertiary/aromatic N) is 2. The van der Waals surface area contributed by atoms with Crippen molar-refractivity contribution >= 4 is 46.2 Å². The molecule has 1 N–H and O–H groups in total. The predicted molar refractivity (Wildman–Crippen MR) is 105 cm³/mol. The number of benzene rings is 1. The Morgan fingerprint density at radius 3 is 2.42 bits per heavy atom. The third-order valence-corrected chi connectivity index (χ3v) is 4.36. The maximum absolute atomic E-state index is 6.06. The Morgan fingerprint density at radius 1 is 1.21 bits per heavy atom. The van der Waals surface area contributed by atoms with Crippen LogP contribution in [0.3, 0.4) is 0 Å². The van der Waals surface area contributed by atoms with Crippen molar-refractivity contribution in [1.82, 2.24) is 9.80 Å². The molecule has 2 aromatic rings. The summed E-state index contributed by atoms with van der Waals surface area (Å²) in [6, 6.07) is 9.11. The van der Waals surface area contributed by atoms with Gasteiger partial charge in [0.15, 0.2) is 5.11 Å². The number of anilines is 1. The molecule has 1 aromatic carbocycles. The lowest BCUT2D eigenvalue weighted by molar-refractivity contribution is 0.263. The molecule has 0 spiro atoms. The Morgan fingerprint density at radius 2 is 1.88 bits per heavy atom. The summed E-state index contributed by atoms with van der Waals surface area (Å²) in [6.07, 6.45) is 1.67. The van der Waals surface area contributed by atoms with Gasteiger partial charge in [0, 0.05) is 28.8 Å². The highest BCUT2D eigenvalue weighted by Crippen LogP contribution is 2.25. The zero-order chi connectivity index (χ0) is 17.7. The van der Waals surface area contributed by atoms with Gasteiger partial charge in [-0.1, -0.05) is 23.2 Å². The van der Waals surface area contributed by atoms with Crippen LogP contribution in [0.15, 0.2) is 41.0 Å². The van der Waals surface area contributed by atoms with Crippen LogP contribution in [0.1, 0.15) is 18.7 Å². The quantitative estimate of drug-likeness (QED) is 0.714. The van der Waals surface area contributed by atoms with Gasteiger partial charge >= 0.3 is 0 Å². The van der Waals surface area contributed by atoms with Crippen molar-refractivity contribution in [2.45, 2.75) is 13.0 Å². The number of halogens is 2. The molecule has 1 atom stereocenters. The van der Waals surface area contributed by atoms with Crippen LogP contribution in [0.5, 0.6) is 0 Å². The van der Waals surface area contributed by atoms with E-state index in [2.05, 4.69) is 22.0 Å². The summed E-state index contributed by atoms with van der Waals surface area (Å²) in [6.45, 7) is 3.69. The first-order valence-electron chi connectivity index (χ1n) is 7.58. The molecule has 0 bridgehead atoms. The van der Waals surface area contributed by atoms with Crippen LogP contribution in [0.4, 0.5) is 5.69 Å². The largest absolute Gasteiger partial charge is 0.467 e. The third-order valence-electron chi connectivity index (χ3n) is 3.59. The van der Waals surface area contributed by atoms with Crippen molar-refractivity contribution in [3.05, 3.63) is 52.4 Å². The number of likely N-dealkylation sites (N-methyl/N-ethyl adjacent to an activating group) is 1. The second kappa shape index (κ2) is 8.72. The van der Waals surface area contributed by atoms with Crippen LogP contribution in [0, 0.1) is 0 Å². The lowest BCUT2D eigenvalue weighted by Crippen LogP contribution is -2.40. The summed E-state index contributed by atoms with van der Waals surface area (Å²) < 4.78 is 5.54. The van der Waals surface area contributed by atoms with Gasteiger partial charge in [-0.15, -0.1) is 0 Å². The van der Waals surface area contributed by atoms with E-state index in [-0.39, 0.29) is 6.04 Å².